The summed E-state index contributed by atoms with van der Waals surface area (Å²) in [6.45, 7) is 0. The first-order chi connectivity index (χ1) is 10.1. The van der Waals surface area contributed by atoms with Crippen molar-refractivity contribution in [2.24, 2.45) is 5.84 Å². The summed E-state index contributed by atoms with van der Waals surface area (Å²) in [6.07, 6.45) is 5.14. The van der Waals surface area contributed by atoms with Crippen molar-refractivity contribution in [1.82, 2.24) is 14.4 Å². The second-order valence-corrected chi connectivity index (χ2v) is 5.37. The van der Waals surface area contributed by atoms with E-state index in [-0.39, 0.29) is 0 Å². The number of nitrogen functional groups attached to an aromatic ring is 1. The Balaban J connectivity index is 2.09. The van der Waals surface area contributed by atoms with Gasteiger partial charge in [-0.15, -0.1) is 0 Å². The number of nitrogens with zero attached hydrogens (tertiary/aromatic N) is 3. The van der Waals surface area contributed by atoms with Crippen molar-refractivity contribution >= 4 is 57.8 Å². The molecule has 6 nitrogen and oxygen atoms in total. The fourth-order valence-electron chi connectivity index (χ4n) is 1.83. The van der Waals surface area contributed by atoms with Gasteiger partial charge in [0, 0.05) is 12.4 Å². The molecule has 2 heterocycles. The Hall–Kier alpha value is -1.73. The Bertz CT molecular complexity index is 816. The first-order valence-corrected chi connectivity index (χ1v) is 6.94. The van der Waals surface area contributed by atoms with Gasteiger partial charge in [0.15, 0.2) is 17.3 Å². The number of aromatic nitrogens is 3. The van der Waals surface area contributed by atoms with E-state index in [1.54, 1.807) is 35.1 Å². The largest absolute Gasteiger partial charge is 0.336 e. The minimum atomic E-state index is 0.378. The van der Waals surface area contributed by atoms with Gasteiger partial charge >= 0.3 is 0 Å². The van der Waals surface area contributed by atoms with Crippen molar-refractivity contribution in [3.63, 3.8) is 0 Å². The van der Waals surface area contributed by atoms with Crippen LogP contribution in [0.5, 0.6) is 0 Å². The number of anilines is 3. The normalized spacial score (nSPS) is 10.9. The number of hydrogen-bond donors (Lipinski definition) is 3. The minimum absolute atomic E-state index is 0.378. The van der Waals surface area contributed by atoms with Gasteiger partial charge in [0.1, 0.15) is 0 Å². The van der Waals surface area contributed by atoms with Crippen molar-refractivity contribution in [2.75, 3.05) is 10.7 Å². The van der Waals surface area contributed by atoms with Gasteiger partial charge in [0.25, 0.3) is 0 Å². The molecule has 21 heavy (non-hydrogen) atoms. The lowest BCUT2D eigenvalue weighted by atomic mass is 10.3. The lowest BCUT2D eigenvalue weighted by Gasteiger charge is -2.11. The van der Waals surface area contributed by atoms with E-state index in [9.17, 15) is 0 Å². The topological polar surface area (TPSA) is 80.3 Å². The van der Waals surface area contributed by atoms with Gasteiger partial charge in [-0.1, -0.05) is 34.8 Å². The van der Waals surface area contributed by atoms with Crippen LogP contribution in [0.25, 0.3) is 5.65 Å². The van der Waals surface area contributed by atoms with Gasteiger partial charge < -0.3 is 15.1 Å². The number of nitrogens with two attached hydrogens (primary N) is 1. The lowest BCUT2D eigenvalue weighted by molar-refractivity contribution is 1.11. The minimum Gasteiger partial charge on any atom is -0.336 e. The van der Waals surface area contributed by atoms with Crippen LogP contribution in [0.2, 0.25) is 15.1 Å². The molecule has 0 spiro atoms. The van der Waals surface area contributed by atoms with Gasteiger partial charge in [-0.3, -0.25) is 0 Å². The van der Waals surface area contributed by atoms with Crippen LogP contribution >= 0.6 is 34.8 Å². The number of rotatable bonds is 3. The molecule has 0 aliphatic heterocycles. The number of benzene rings is 1. The van der Waals surface area contributed by atoms with Crippen molar-refractivity contribution in [2.45, 2.75) is 0 Å². The van der Waals surface area contributed by atoms with E-state index in [2.05, 4.69) is 20.7 Å². The van der Waals surface area contributed by atoms with Crippen molar-refractivity contribution in [3.8, 4) is 0 Å². The third-order valence-corrected chi connectivity index (χ3v) is 3.82. The van der Waals surface area contributed by atoms with Crippen molar-refractivity contribution in [1.29, 1.82) is 0 Å². The standard InChI is InChI=1S/C12H9Cl3N6/c13-6-3-8(15)9(4-7(6)14)18-11-12-17-1-2-21(12)5-10(19-11)20-16/h1-5,20H,16H2,(H,18,19). The SMILES string of the molecule is NNc1cn2ccnc2c(Nc2cc(Cl)c(Cl)cc2Cl)n1. The van der Waals surface area contributed by atoms with E-state index >= 15 is 0 Å². The van der Waals surface area contributed by atoms with Gasteiger partial charge in [0.05, 0.1) is 27.0 Å². The maximum Gasteiger partial charge on any atom is 0.180 e. The number of imidazole rings is 1. The van der Waals surface area contributed by atoms with E-state index in [4.69, 9.17) is 40.6 Å². The average Bonchev–Trinajstić information content (AvgIpc) is 2.93. The third-order valence-electron chi connectivity index (χ3n) is 2.79. The molecule has 108 valence electrons. The van der Waals surface area contributed by atoms with Crippen molar-refractivity contribution in [3.05, 3.63) is 45.8 Å². The summed E-state index contributed by atoms with van der Waals surface area (Å²) in [5.41, 5.74) is 3.68. The summed E-state index contributed by atoms with van der Waals surface area (Å²) in [5, 5.41) is 4.26. The van der Waals surface area contributed by atoms with Crippen LogP contribution in [0.3, 0.4) is 0 Å². The summed E-state index contributed by atoms with van der Waals surface area (Å²) in [7, 11) is 0. The van der Waals surface area contributed by atoms with Gasteiger partial charge in [-0.2, -0.15) is 0 Å². The van der Waals surface area contributed by atoms with Crippen LogP contribution in [0.4, 0.5) is 17.3 Å². The van der Waals surface area contributed by atoms with Crippen LogP contribution in [0.15, 0.2) is 30.7 Å². The Morgan fingerprint density at radius 1 is 1.10 bits per heavy atom. The van der Waals surface area contributed by atoms with E-state index in [1.807, 2.05) is 0 Å². The Labute approximate surface area is 134 Å². The first kappa shape index (κ1) is 14.2. The summed E-state index contributed by atoms with van der Waals surface area (Å²) in [5.74, 6) is 6.36. The Morgan fingerprint density at radius 2 is 1.86 bits per heavy atom. The maximum atomic E-state index is 6.15. The highest BCUT2D eigenvalue weighted by Gasteiger charge is 2.11. The number of halogens is 3. The maximum absolute atomic E-state index is 6.15. The molecular weight excluding hydrogens is 335 g/mol. The van der Waals surface area contributed by atoms with E-state index in [1.165, 1.54) is 0 Å². The fourth-order valence-corrected chi connectivity index (χ4v) is 2.43. The number of fused-ring (bicyclic) bond motifs is 1. The predicted octanol–water partition coefficient (Wildman–Crippen LogP) is 3.72. The fraction of sp³-hybridized carbons (Fsp3) is 0. The van der Waals surface area contributed by atoms with Crippen molar-refractivity contribution < 1.29 is 0 Å². The molecule has 4 N–H and O–H groups in total. The molecule has 9 heteroatoms. The van der Waals surface area contributed by atoms with Crippen LogP contribution in [0, 0.1) is 0 Å². The molecule has 0 fully saturated rings. The van der Waals surface area contributed by atoms with Crippen LogP contribution in [0.1, 0.15) is 0 Å². The number of nitrogens with one attached hydrogen (secondary N) is 2. The number of hydrogen-bond acceptors (Lipinski definition) is 5. The van der Waals surface area contributed by atoms with Gasteiger partial charge in [-0.05, 0) is 12.1 Å². The quantitative estimate of drug-likeness (QED) is 0.384. The second kappa shape index (κ2) is 5.57. The molecule has 0 saturated carbocycles. The Morgan fingerprint density at radius 3 is 2.62 bits per heavy atom. The first-order valence-electron chi connectivity index (χ1n) is 5.80. The molecule has 0 saturated heterocycles. The molecule has 2 aromatic heterocycles. The zero-order valence-electron chi connectivity index (χ0n) is 10.4. The molecule has 0 unspecified atom stereocenters. The van der Waals surface area contributed by atoms with Gasteiger partial charge in [-0.25, -0.2) is 15.8 Å². The molecule has 3 rings (SSSR count). The van der Waals surface area contributed by atoms with Crippen LogP contribution < -0.4 is 16.6 Å². The zero-order valence-corrected chi connectivity index (χ0v) is 12.7. The summed E-state index contributed by atoms with van der Waals surface area (Å²) in [4.78, 5) is 8.54. The highest BCUT2D eigenvalue weighted by Crippen LogP contribution is 2.34. The summed E-state index contributed by atoms with van der Waals surface area (Å²) in [6, 6.07) is 3.18. The van der Waals surface area contributed by atoms with E-state index < -0.39 is 0 Å². The second-order valence-electron chi connectivity index (χ2n) is 4.15. The monoisotopic (exact) mass is 342 g/mol. The molecule has 0 radical (unpaired) electrons. The smallest absolute Gasteiger partial charge is 0.180 e. The van der Waals surface area contributed by atoms with Gasteiger partial charge in [0.2, 0.25) is 0 Å². The van der Waals surface area contributed by atoms with E-state index in [0.29, 0.717) is 38.0 Å². The third kappa shape index (κ3) is 2.71. The predicted molar refractivity (Wildman–Crippen MR) is 85.6 cm³/mol. The Kier molecular flexibility index (Phi) is 3.77. The highest BCUT2D eigenvalue weighted by molar-refractivity contribution is 6.44. The average molecular weight is 344 g/mol. The zero-order chi connectivity index (χ0) is 15.0. The highest BCUT2D eigenvalue weighted by atomic mass is 35.5. The summed E-state index contributed by atoms with van der Waals surface area (Å²) >= 11 is 18.1. The molecule has 3 aromatic rings. The molecular formula is C12H9Cl3N6. The van der Waals surface area contributed by atoms with E-state index in [0.717, 1.165) is 0 Å². The molecule has 1 aromatic carbocycles. The molecule has 0 bridgehead atoms. The molecule has 0 aliphatic rings. The number of hydrazine groups is 1. The molecule has 0 aliphatic carbocycles. The summed E-state index contributed by atoms with van der Waals surface area (Å²) < 4.78 is 1.77. The molecule has 0 amide bonds. The van der Waals surface area contributed by atoms with Crippen LogP contribution in [-0.2, 0) is 0 Å². The van der Waals surface area contributed by atoms with Crippen LogP contribution in [-0.4, -0.2) is 14.4 Å². The lowest BCUT2D eigenvalue weighted by Crippen LogP contribution is -2.11. The molecule has 0 atom stereocenters.